The number of halogens is 1. The number of imidazole rings is 1. The summed E-state index contributed by atoms with van der Waals surface area (Å²) in [6.45, 7) is 5.11. The molecule has 2 fully saturated rings. The largest absolute Gasteiger partial charge is 0.369 e. The maximum absolute atomic E-state index is 5.90. The molecule has 2 aromatic heterocycles. The standard InChI is InChI=1S/C28H33ClN8/c29-14-15-35-16-18-36(19-17-35)23-12-10-22(11-13-23)31-27-30-20-25-26(34-27)37(24-8-4-5-9-24)28(33-25)32-21-6-2-1-3-7-21/h1-3,6-7,10-13,20,24H,4-5,8-9,14-19H2,(H,32,33)(H,30,31,34). The lowest BCUT2D eigenvalue weighted by Gasteiger charge is -2.35. The summed E-state index contributed by atoms with van der Waals surface area (Å²) >= 11 is 5.90. The quantitative estimate of drug-likeness (QED) is 0.287. The van der Waals surface area contributed by atoms with Crippen LogP contribution in [-0.4, -0.2) is 63.0 Å². The number of nitrogens with one attached hydrogen (secondary N) is 2. The van der Waals surface area contributed by atoms with Crippen molar-refractivity contribution < 1.29 is 0 Å². The molecule has 0 bridgehead atoms. The lowest BCUT2D eigenvalue weighted by atomic mass is 10.2. The molecule has 2 N–H and O–H groups in total. The fourth-order valence-electron chi connectivity index (χ4n) is 5.43. The van der Waals surface area contributed by atoms with Gasteiger partial charge in [0.25, 0.3) is 0 Å². The highest BCUT2D eigenvalue weighted by atomic mass is 35.5. The van der Waals surface area contributed by atoms with E-state index in [-0.39, 0.29) is 0 Å². The second-order valence-electron chi connectivity index (χ2n) is 9.83. The number of para-hydroxylation sites is 1. The van der Waals surface area contributed by atoms with E-state index in [0.29, 0.717) is 17.9 Å². The second-order valence-corrected chi connectivity index (χ2v) is 10.2. The van der Waals surface area contributed by atoms with Gasteiger partial charge in [-0.2, -0.15) is 4.98 Å². The smallest absolute Gasteiger partial charge is 0.229 e. The normalized spacial score (nSPS) is 16.9. The summed E-state index contributed by atoms with van der Waals surface area (Å²) in [5.74, 6) is 2.11. The Morgan fingerprint density at radius 2 is 1.57 bits per heavy atom. The van der Waals surface area contributed by atoms with E-state index in [4.69, 9.17) is 21.6 Å². The van der Waals surface area contributed by atoms with Crippen LogP contribution in [0.1, 0.15) is 31.7 Å². The Morgan fingerprint density at radius 3 is 2.30 bits per heavy atom. The Balaban J connectivity index is 1.21. The van der Waals surface area contributed by atoms with E-state index in [1.807, 2.05) is 24.4 Å². The van der Waals surface area contributed by atoms with Crippen molar-refractivity contribution in [2.45, 2.75) is 31.7 Å². The summed E-state index contributed by atoms with van der Waals surface area (Å²) in [6.07, 6.45) is 6.58. The minimum atomic E-state index is 0.392. The van der Waals surface area contributed by atoms with Crippen LogP contribution in [0.25, 0.3) is 11.2 Å². The van der Waals surface area contributed by atoms with Crippen molar-refractivity contribution >= 4 is 51.7 Å². The topological polar surface area (TPSA) is 74.1 Å². The van der Waals surface area contributed by atoms with Gasteiger partial charge >= 0.3 is 0 Å². The number of nitrogens with zero attached hydrogens (tertiary/aromatic N) is 6. The first-order chi connectivity index (χ1) is 18.3. The average Bonchev–Trinajstić information content (AvgIpc) is 3.58. The van der Waals surface area contributed by atoms with Crippen molar-refractivity contribution in [3.63, 3.8) is 0 Å². The summed E-state index contributed by atoms with van der Waals surface area (Å²) < 4.78 is 2.27. The van der Waals surface area contributed by atoms with Crippen LogP contribution in [-0.2, 0) is 0 Å². The summed E-state index contributed by atoms with van der Waals surface area (Å²) in [7, 11) is 0. The van der Waals surface area contributed by atoms with Gasteiger partial charge in [-0.05, 0) is 49.2 Å². The fraction of sp³-hybridized carbons (Fsp3) is 0.393. The molecule has 3 heterocycles. The van der Waals surface area contributed by atoms with Crippen molar-refractivity contribution in [1.29, 1.82) is 0 Å². The number of aromatic nitrogens is 4. The van der Waals surface area contributed by atoms with E-state index >= 15 is 0 Å². The molecule has 1 saturated carbocycles. The van der Waals surface area contributed by atoms with Crippen molar-refractivity contribution in [2.24, 2.45) is 0 Å². The van der Waals surface area contributed by atoms with E-state index in [1.54, 1.807) is 0 Å². The first kappa shape index (κ1) is 24.0. The molecule has 192 valence electrons. The first-order valence-electron chi connectivity index (χ1n) is 13.2. The van der Waals surface area contributed by atoms with E-state index < -0.39 is 0 Å². The van der Waals surface area contributed by atoms with E-state index in [2.05, 4.69) is 66.4 Å². The van der Waals surface area contributed by atoms with Gasteiger partial charge in [0.05, 0.1) is 6.20 Å². The number of hydrogen-bond donors (Lipinski definition) is 2. The van der Waals surface area contributed by atoms with Crippen LogP contribution in [0.4, 0.5) is 29.0 Å². The highest BCUT2D eigenvalue weighted by Gasteiger charge is 2.24. The van der Waals surface area contributed by atoms with Gasteiger partial charge in [-0.3, -0.25) is 9.47 Å². The van der Waals surface area contributed by atoms with Gasteiger partial charge in [0, 0.05) is 61.7 Å². The van der Waals surface area contributed by atoms with Crippen molar-refractivity contribution in [3.05, 3.63) is 60.8 Å². The maximum Gasteiger partial charge on any atom is 0.229 e. The number of hydrogen-bond acceptors (Lipinski definition) is 7. The molecule has 1 saturated heterocycles. The molecular weight excluding hydrogens is 484 g/mol. The van der Waals surface area contributed by atoms with Crippen molar-refractivity contribution in [1.82, 2.24) is 24.4 Å². The van der Waals surface area contributed by atoms with Crippen LogP contribution >= 0.6 is 11.6 Å². The minimum Gasteiger partial charge on any atom is -0.369 e. The molecule has 0 unspecified atom stereocenters. The zero-order chi connectivity index (χ0) is 25.0. The third kappa shape index (κ3) is 5.36. The van der Waals surface area contributed by atoms with Crippen LogP contribution in [0.15, 0.2) is 60.8 Å². The van der Waals surface area contributed by atoms with Gasteiger partial charge in [-0.1, -0.05) is 31.0 Å². The lowest BCUT2D eigenvalue weighted by molar-refractivity contribution is 0.272. The molecule has 8 nitrogen and oxygen atoms in total. The first-order valence-corrected chi connectivity index (χ1v) is 13.8. The Labute approximate surface area is 222 Å². The van der Waals surface area contributed by atoms with Gasteiger partial charge in [0.2, 0.25) is 11.9 Å². The van der Waals surface area contributed by atoms with E-state index in [9.17, 15) is 0 Å². The molecule has 0 atom stereocenters. The number of benzene rings is 2. The zero-order valence-corrected chi connectivity index (χ0v) is 21.7. The number of anilines is 5. The molecule has 0 amide bonds. The fourth-order valence-corrected chi connectivity index (χ4v) is 5.67. The van der Waals surface area contributed by atoms with Gasteiger partial charge in [-0.15, -0.1) is 11.6 Å². The number of piperazine rings is 1. The third-order valence-electron chi connectivity index (χ3n) is 7.41. The van der Waals surface area contributed by atoms with Gasteiger partial charge in [-0.25, -0.2) is 9.97 Å². The van der Waals surface area contributed by atoms with E-state index in [0.717, 1.165) is 74.1 Å². The zero-order valence-electron chi connectivity index (χ0n) is 21.0. The summed E-state index contributed by atoms with van der Waals surface area (Å²) in [4.78, 5) is 19.2. The summed E-state index contributed by atoms with van der Waals surface area (Å²) in [5, 5.41) is 6.91. The molecule has 37 heavy (non-hydrogen) atoms. The SMILES string of the molecule is ClCCN1CCN(c2ccc(Nc3ncc4nc(Nc5ccccc5)n(C5CCCC5)c4n3)cc2)CC1. The van der Waals surface area contributed by atoms with Gasteiger partial charge < -0.3 is 15.5 Å². The van der Waals surface area contributed by atoms with Gasteiger partial charge in [0.15, 0.2) is 5.65 Å². The Kier molecular flexibility index (Phi) is 7.10. The number of rotatable bonds is 8. The monoisotopic (exact) mass is 516 g/mol. The predicted octanol–water partition coefficient (Wildman–Crippen LogP) is 5.79. The molecule has 0 spiro atoms. The van der Waals surface area contributed by atoms with E-state index in [1.165, 1.54) is 18.5 Å². The van der Waals surface area contributed by atoms with Crippen LogP contribution < -0.4 is 15.5 Å². The summed E-state index contributed by atoms with van der Waals surface area (Å²) in [6, 6.07) is 19.1. The lowest BCUT2D eigenvalue weighted by Crippen LogP contribution is -2.46. The van der Waals surface area contributed by atoms with Crippen molar-refractivity contribution in [2.75, 3.05) is 54.1 Å². The molecule has 6 rings (SSSR count). The van der Waals surface area contributed by atoms with Crippen LogP contribution in [0.2, 0.25) is 0 Å². The minimum absolute atomic E-state index is 0.392. The van der Waals surface area contributed by atoms with Gasteiger partial charge in [0.1, 0.15) is 5.52 Å². The molecular formula is C28H33ClN8. The second kappa shape index (κ2) is 10.9. The third-order valence-corrected chi connectivity index (χ3v) is 7.58. The maximum atomic E-state index is 5.90. The molecule has 0 radical (unpaired) electrons. The van der Waals surface area contributed by atoms with Crippen molar-refractivity contribution in [3.8, 4) is 0 Å². The Hall–Kier alpha value is -3.36. The predicted molar refractivity (Wildman–Crippen MR) is 152 cm³/mol. The molecule has 9 heteroatoms. The Morgan fingerprint density at radius 1 is 0.838 bits per heavy atom. The Bertz CT molecular complexity index is 1310. The number of alkyl halides is 1. The molecule has 1 aliphatic heterocycles. The highest BCUT2D eigenvalue weighted by molar-refractivity contribution is 6.18. The number of fused-ring (bicyclic) bond motifs is 1. The van der Waals surface area contributed by atoms with Crippen LogP contribution in [0.5, 0.6) is 0 Å². The molecule has 1 aliphatic carbocycles. The molecule has 2 aromatic carbocycles. The highest BCUT2D eigenvalue weighted by Crippen LogP contribution is 2.36. The summed E-state index contributed by atoms with van der Waals surface area (Å²) in [5.41, 5.74) is 4.90. The molecule has 2 aliphatic rings. The average molecular weight is 517 g/mol. The van der Waals surface area contributed by atoms with Crippen LogP contribution in [0.3, 0.4) is 0 Å². The molecule has 4 aromatic rings. The van der Waals surface area contributed by atoms with Crippen LogP contribution in [0, 0.1) is 0 Å².